The monoisotopic (exact) mass is 295 g/mol. The van der Waals surface area contributed by atoms with E-state index in [1.165, 1.54) is 44.2 Å². The Kier molecular flexibility index (Phi) is 5.05. The Morgan fingerprint density at radius 3 is 2.47 bits per heavy atom. The van der Waals surface area contributed by atoms with Crippen molar-refractivity contribution in [2.45, 2.75) is 45.1 Å². The summed E-state index contributed by atoms with van der Waals surface area (Å²) in [5, 5.41) is 3.67. The highest BCUT2D eigenvalue weighted by molar-refractivity contribution is 9.10. The van der Waals surface area contributed by atoms with Crippen LogP contribution in [-0.4, -0.2) is 6.54 Å². The zero-order chi connectivity index (χ0) is 12.1. The van der Waals surface area contributed by atoms with E-state index in [-0.39, 0.29) is 0 Å². The van der Waals surface area contributed by atoms with Crippen molar-refractivity contribution in [3.05, 3.63) is 34.3 Å². The molecule has 1 aliphatic rings. The lowest BCUT2D eigenvalue weighted by molar-refractivity contribution is 0.331. The minimum Gasteiger partial charge on any atom is -0.310 e. The van der Waals surface area contributed by atoms with Crippen molar-refractivity contribution in [3.8, 4) is 0 Å². The molecule has 0 unspecified atom stereocenters. The van der Waals surface area contributed by atoms with Gasteiger partial charge in [0.05, 0.1) is 0 Å². The smallest absolute Gasteiger partial charge is 0.0291 e. The van der Waals surface area contributed by atoms with Crippen molar-refractivity contribution in [1.82, 2.24) is 5.32 Å². The molecular formula is C15H22BrN. The van der Waals surface area contributed by atoms with Gasteiger partial charge in [0.25, 0.3) is 0 Å². The summed E-state index contributed by atoms with van der Waals surface area (Å²) in [4.78, 5) is 0. The van der Waals surface area contributed by atoms with Crippen LogP contribution < -0.4 is 5.32 Å². The van der Waals surface area contributed by atoms with Crippen molar-refractivity contribution in [3.63, 3.8) is 0 Å². The van der Waals surface area contributed by atoms with E-state index in [1.54, 1.807) is 0 Å². The normalized spacial score (nSPS) is 19.2. The van der Waals surface area contributed by atoms with E-state index in [0.717, 1.165) is 10.4 Å². The van der Waals surface area contributed by atoms with Gasteiger partial charge in [-0.15, -0.1) is 0 Å². The standard InChI is InChI=1S/C15H22BrN/c1-12(14-7-9-15(16)10-8-14)17-11-13-5-3-2-4-6-13/h7-10,12-13,17H,2-6,11H2,1H3/t12-/m1/s1. The second-order valence-corrected chi connectivity index (χ2v) is 6.10. The van der Waals surface area contributed by atoms with Crippen molar-refractivity contribution in [2.24, 2.45) is 5.92 Å². The highest BCUT2D eigenvalue weighted by Gasteiger charge is 2.14. The molecule has 1 fully saturated rings. The van der Waals surface area contributed by atoms with Gasteiger partial charge in [-0.1, -0.05) is 47.3 Å². The predicted molar refractivity (Wildman–Crippen MR) is 77.1 cm³/mol. The molecule has 1 aromatic carbocycles. The molecule has 1 aromatic rings. The Morgan fingerprint density at radius 2 is 1.82 bits per heavy atom. The highest BCUT2D eigenvalue weighted by atomic mass is 79.9. The molecule has 0 saturated heterocycles. The fourth-order valence-corrected chi connectivity index (χ4v) is 2.87. The zero-order valence-electron chi connectivity index (χ0n) is 10.6. The van der Waals surface area contributed by atoms with Gasteiger partial charge in [-0.3, -0.25) is 0 Å². The molecule has 1 nitrogen and oxygen atoms in total. The van der Waals surface area contributed by atoms with Crippen LogP contribution in [0.25, 0.3) is 0 Å². The minimum absolute atomic E-state index is 0.463. The molecule has 0 spiro atoms. The van der Waals surface area contributed by atoms with Crippen molar-refractivity contribution >= 4 is 15.9 Å². The molecule has 0 aromatic heterocycles. The number of hydrogen-bond acceptors (Lipinski definition) is 1. The van der Waals surface area contributed by atoms with Crippen molar-refractivity contribution in [1.29, 1.82) is 0 Å². The fourth-order valence-electron chi connectivity index (χ4n) is 2.60. The van der Waals surface area contributed by atoms with Crippen LogP contribution in [0.1, 0.15) is 50.6 Å². The number of benzene rings is 1. The molecule has 0 heterocycles. The van der Waals surface area contributed by atoms with Crippen molar-refractivity contribution in [2.75, 3.05) is 6.54 Å². The SMILES string of the molecule is C[C@@H](NCC1CCCCC1)c1ccc(Br)cc1. The molecule has 17 heavy (non-hydrogen) atoms. The first-order chi connectivity index (χ1) is 8.25. The lowest BCUT2D eigenvalue weighted by Gasteiger charge is -2.24. The molecule has 0 radical (unpaired) electrons. The maximum atomic E-state index is 3.67. The highest BCUT2D eigenvalue weighted by Crippen LogP contribution is 2.24. The first-order valence-corrected chi connectivity index (χ1v) is 7.54. The first kappa shape index (κ1) is 13.1. The largest absolute Gasteiger partial charge is 0.310 e. The van der Waals surface area contributed by atoms with Gasteiger partial charge >= 0.3 is 0 Å². The Balaban J connectivity index is 1.80. The van der Waals surface area contributed by atoms with Gasteiger partial charge in [0.15, 0.2) is 0 Å². The quantitative estimate of drug-likeness (QED) is 0.850. The molecule has 1 atom stereocenters. The van der Waals surface area contributed by atoms with Gasteiger partial charge in [-0.2, -0.15) is 0 Å². The van der Waals surface area contributed by atoms with Gasteiger partial charge in [0.2, 0.25) is 0 Å². The van der Waals surface area contributed by atoms with Crippen LogP contribution in [0.5, 0.6) is 0 Å². The molecule has 0 aliphatic heterocycles. The predicted octanol–water partition coefficient (Wildman–Crippen LogP) is 4.68. The van der Waals surface area contributed by atoms with Crippen LogP contribution in [0.15, 0.2) is 28.7 Å². The third kappa shape index (κ3) is 4.11. The van der Waals surface area contributed by atoms with E-state index in [1.807, 2.05) is 0 Å². The summed E-state index contributed by atoms with van der Waals surface area (Å²) in [5.74, 6) is 0.904. The first-order valence-electron chi connectivity index (χ1n) is 6.74. The average molecular weight is 296 g/mol. The number of halogens is 1. The summed E-state index contributed by atoms with van der Waals surface area (Å²) in [5.41, 5.74) is 1.38. The molecule has 2 rings (SSSR count). The molecular weight excluding hydrogens is 274 g/mol. The average Bonchev–Trinajstić information content (AvgIpc) is 2.38. The molecule has 1 saturated carbocycles. The topological polar surface area (TPSA) is 12.0 Å². The molecule has 1 N–H and O–H groups in total. The maximum absolute atomic E-state index is 3.67. The van der Waals surface area contributed by atoms with Gasteiger partial charge < -0.3 is 5.32 Å². The van der Waals surface area contributed by atoms with Gasteiger partial charge in [-0.25, -0.2) is 0 Å². The third-order valence-electron chi connectivity index (χ3n) is 3.81. The van der Waals surface area contributed by atoms with Crippen LogP contribution in [-0.2, 0) is 0 Å². The fraction of sp³-hybridized carbons (Fsp3) is 0.600. The summed E-state index contributed by atoms with van der Waals surface area (Å²) in [7, 11) is 0. The maximum Gasteiger partial charge on any atom is 0.0291 e. The summed E-state index contributed by atoms with van der Waals surface area (Å²) >= 11 is 3.48. The minimum atomic E-state index is 0.463. The summed E-state index contributed by atoms with van der Waals surface area (Å²) in [6.45, 7) is 3.43. The number of rotatable bonds is 4. The Bertz CT molecular complexity index is 327. The second-order valence-electron chi connectivity index (χ2n) is 5.19. The molecule has 0 bridgehead atoms. The molecule has 1 aliphatic carbocycles. The van der Waals surface area contributed by atoms with E-state index in [4.69, 9.17) is 0 Å². The number of nitrogens with one attached hydrogen (secondary N) is 1. The van der Waals surface area contributed by atoms with E-state index < -0.39 is 0 Å². The van der Waals surface area contributed by atoms with Crippen LogP contribution in [0.3, 0.4) is 0 Å². The van der Waals surface area contributed by atoms with E-state index in [9.17, 15) is 0 Å². The van der Waals surface area contributed by atoms with E-state index in [2.05, 4.69) is 52.4 Å². The second kappa shape index (κ2) is 6.55. The van der Waals surface area contributed by atoms with Crippen LogP contribution in [0.2, 0.25) is 0 Å². The van der Waals surface area contributed by atoms with E-state index in [0.29, 0.717) is 6.04 Å². The summed E-state index contributed by atoms with van der Waals surface area (Å²) < 4.78 is 1.15. The van der Waals surface area contributed by atoms with Gasteiger partial charge in [-0.05, 0) is 49.9 Å². The Morgan fingerprint density at radius 1 is 1.18 bits per heavy atom. The van der Waals surface area contributed by atoms with Gasteiger partial charge in [0.1, 0.15) is 0 Å². The summed E-state index contributed by atoms with van der Waals surface area (Å²) in [6.07, 6.45) is 7.14. The zero-order valence-corrected chi connectivity index (χ0v) is 12.2. The molecule has 94 valence electrons. The third-order valence-corrected chi connectivity index (χ3v) is 4.34. The Hall–Kier alpha value is -0.340. The Labute approximate surface area is 113 Å². The van der Waals surface area contributed by atoms with E-state index >= 15 is 0 Å². The summed E-state index contributed by atoms with van der Waals surface area (Å²) in [6, 6.07) is 9.10. The van der Waals surface area contributed by atoms with Crippen LogP contribution in [0.4, 0.5) is 0 Å². The lowest BCUT2D eigenvalue weighted by atomic mass is 9.89. The number of hydrogen-bond donors (Lipinski definition) is 1. The van der Waals surface area contributed by atoms with Gasteiger partial charge in [0, 0.05) is 10.5 Å². The lowest BCUT2D eigenvalue weighted by Crippen LogP contribution is -2.27. The molecule has 2 heteroatoms. The molecule has 0 amide bonds. The van der Waals surface area contributed by atoms with Crippen LogP contribution >= 0.6 is 15.9 Å². The van der Waals surface area contributed by atoms with Crippen LogP contribution in [0, 0.1) is 5.92 Å². The van der Waals surface area contributed by atoms with Crippen molar-refractivity contribution < 1.29 is 0 Å².